The van der Waals surface area contributed by atoms with E-state index < -0.39 is 103 Å². The van der Waals surface area contributed by atoms with E-state index in [9.17, 15) is 30.0 Å². The first-order valence-electron chi connectivity index (χ1n) is 21.2. The number of aliphatic hydroxyl groups excluding tert-OH is 3. The van der Waals surface area contributed by atoms with Crippen LogP contribution in [0.1, 0.15) is 72.3 Å². The van der Waals surface area contributed by atoms with Gasteiger partial charge in [-0.15, -0.1) is 5.10 Å². The molecule has 17 heteroatoms. The van der Waals surface area contributed by atoms with E-state index in [2.05, 4.69) is 14.9 Å². The molecule has 15 atom stereocenters. The average Bonchev–Trinajstić information content (AvgIpc) is 3.74. The molecule has 0 radical (unpaired) electrons. The van der Waals surface area contributed by atoms with Crippen molar-refractivity contribution in [2.45, 2.75) is 152 Å². The first-order valence-corrected chi connectivity index (χ1v) is 22.0. The number of hydrogen-bond acceptors (Lipinski definition) is 17. The van der Waals surface area contributed by atoms with Crippen molar-refractivity contribution in [2.24, 2.45) is 11.8 Å². The summed E-state index contributed by atoms with van der Waals surface area (Å²) < 4.78 is 41.1. The van der Waals surface area contributed by atoms with E-state index in [0.717, 1.165) is 16.0 Å². The minimum Gasteiger partial charge on any atom is -0.462 e. The molecule has 2 fully saturated rings. The van der Waals surface area contributed by atoms with E-state index in [1.54, 1.807) is 58.1 Å². The summed E-state index contributed by atoms with van der Waals surface area (Å²) in [6.45, 7) is 9.59. The molecule has 3 aliphatic heterocycles. The number of nitrogens with one attached hydrogen (secondary N) is 1. The van der Waals surface area contributed by atoms with E-state index in [1.807, 2.05) is 37.3 Å². The van der Waals surface area contributed by atoms with Gasteiger partial charge in [0.1, 0.15) is 30.5 Å². The van der Waals surface area contributed by atoms with Gasteiger partial charge in [-0.3, -0.25) is 9.59 Å². The molecular weight excluding hydrogens is 809 g/mol. The Balaban J connectivity index is 1.42. The minimum atomic E-state index is -1.47. The van der Waals surface area contributed by atoms with Crippen molar-refractivity contribution in [1.29, 1.82) is 0 Å². The largest absolute Gasteiger partial charge is 0.462 e. The van der Waals surface area contributed by atoms with Crippen LogP contribution in [0.2, 0.25) is 0 Å². The van der Waals surface area contributed by atoms with Crippen LogP contribution in [-0.2, 0) is 44.6 Å². The lowest BCUT2D eigenvalue weighted by molar-refractivity contribution is -0.344. The summed E-state index contributed by atoms with van der Waals surface area (Å²) in [4.78, 5) is 29.5. The third-order valence-corrected chi connectivity index (χ3v) is 12.6. The molecule has 0 unspecified atom stereocenters. The van der Waals surface area contributed by atoms with Crippen LogP contribution in [0.5, 0.6) is 0 Å². The van der Waals surface area contributed by atoms with Crippen molar-refractivity contribution >= 4 is 23.3 Å². The Labute approximate surface area is 363 Å². The van der Waals surface area contributed by atoms with Gasteiger partial charge in [0.25, 0.3) is 0 Å². The Hall–Kier alpha value is -3.04. The van der Waals surface area contributed by atoms with E-state index in [4.69, 9.17) is 28.4 Å². The number of ketones is 1. The zero-order valence-electron chi connectivity index (χ0n) is 36.5. The Kier molecular flexibility index (Phi) is 18.1. The van der Waals surface area contributed by atoms with Gasteiger partial charge in [-0.25, -0.2) is 0 Å². The molecule has 0 amide bonds. The molecule has 2 saturated heterocycles. The topological polar surface area (TPSA) is 211 Å². The van der Waals surface area contributed by atoms with Gasteiger partial charge >= 0.3 is 5.97 Å². The van der Waals surface area contributed by atoms with Crippen molar-refractivity contribution in [3.05, 3.63) is 60.3 Å². The highest BCUT2D eigenvalue weighted by Gasteiger charge is 2.51. The van der Waals surface area contributed by atoms with Gasteiger partial charge in [0.2, 0.25) is 0 Å². The van der Waals surface area contributed by atoms with Crippen LogP contribution in [0.4, 0.5) is 0 Å². The number of methoxy groups -OCH3 is 1. The second kappa shape index (κ2) is 22.5. The highest BCUT2D eigenvalue weighted by atomic mass is 32.1. The number of hydrogen-bond donors (Lipinski definition) is 5. The van der Waals surface area contributed by atoms with E-state index >= 15 is 0 Å². The molecule has 0 bridgehead atoms. The predicted octanol–water partition coefficient (Wildman–Crippen LogP) is 3.16. The summed E-state index contributed by atoms with van der Waals surface area (Å²) in [6.07, 6.45) is -1.50. The highest BCUT2D eigenvalue weighted by molar-refractivity contribution is 7.09. The lowest BCUT2D eigenvalue weighted by atomic mass is 9.82. The maximum atomic E-state index is 13.5. The molecule has 0 spiro atoms. The van der Waals surface area contributed by atoms with Crippen LogP contribution in [-0.4, -0.2) is 154 Å². The molecule has 0 saturated carbocycles. The molecule has 61 heavy (non-hydrogen) atoms. The summed E-state index contributed by atoms with van der Waals surface area (Å²) in [6, 6.07) is 7.40. The molecular formula is C44H66N4O12S. The van der Waals surface area contributed by atoms with Crippen LogP contribution in [0, 0.1) is 11.8 Å². The van der Waals surface area contributed by atoms with Crippen LogP contribution in [0.3, 0.4) is 0 Å². The highest BCUT2D eigenvalue weighted by Crippen LogP contribution is 2.36. The Morgan fingerprint density at radius 1 is 0.984 bits per heavy atom. The molecule has 1 aromatic heterocycles. The molecule has 3 aliphatic rings. The molecule has 16 nitrogen and oxygen atoms in total. The van der Waals surface area contributed by atoms with E-state index in [-0.39, 0.29) is 12.2 Å². The van der Waals surface area contributed by atoms with E-state index in [0.29, 0.717) is 32.4 Å². The van der Waals surface area contributed by atoms with Gasteiger partial charge < -0.3 is 59.1 Å². The number of nitrogens with zero attached hydrogens (tertiary/aromatic N) is 3. The van der Waals surface area contributed by atoms with E-state index in [1.165, 1.54) is 31.6 Å². The van der Waals surface area contributed by atoms with Crippen LogP contribution < -0.4 is 5.32 Å². The first-order chi connectivity index (χ1) is 29.0. The normalized spacial score (nSPS) is 37.2. The zero-order chi connectivity index (χ0) is 44.4. The van der Waals surface area contributed by atoms with Gasteiger partial charge in [-0.2, -0.15) is 0 Å². The average molecular weight is 875 g/mol. The summed E-state index contributed by atoms with van der Waals surface area (Å²) in [5, 5.41) is 52.7. The van der Waals surface area contributed by atoms with Gasteiger partial charge in [0.05, 0.1) is 53.6 Å². The van der Waals surface area contributed by atoms with Gasteiger partial charge in [-0.05, 0) is 95.8 Å². The maximum absolute atomic E-state index is 13.5. The first kappa shape index (κ1) is 49.0. The monoisotopic (exact) mass is 874 g/mol. The van der Waals surface area contributed by atoms with Gasteiger partial charge in [-0.1, -0.05) is 53.9 Å². The molecule has 340 valence electrons. The third-order valence-electron chi connectivity index (χ3n) is 11.9. The molecule has 4 heterocycles. The standard InChI is InChI=1S/C44H66N4O12S/c1-25-20-31(18-19-45-23-29-14-16-30(17-15-29)34-24-46-47-61-34)40(41(55-8)33(50)21-35(51)56-26(2)12-10-9-11-13-32(25)49)60-43-38(52)37(48(6)7)39(27(3)58-43)59-36-22-44(5,54)42(53)28(4)57-36/h9-11,13-17,24-28,31,33,36-43,45,50,52-54H,12,18-23H2,1-8H3/t25-,26-,27-,28+,31+,33+,36+,37-,38-,39-,40+,41+,42+,43+,44-/m1/s1. The smallest absolute Gasteiger partial charge is 0.308 e. The van der Waals surface area contributed by atoms with Crippen molar-refractivity contribution < 1.29 is 58.4 Å². The number of aliphatic hydroxyl groups is 4. The SMILES string of the molecule is CO[C@@H]1[C@@H](O[C@@H]2O[C@H](C)[C@@H](O[C@H]3C[C@@](C)(O)[C@@H](O)[C@H](C)O3)[C@H](N(C)C)[C@H]2O)[C@@H](CCNCc2ccc(-c3cnns3)cc2)C[C@@H](C)C(=O)C=CC=CC[C@@H](C)OC(=O)C[C@@H]1O. The third kappa shape index (κ3) is 13.2. The fourth-order valence-corrected chi connectivity index (χ4v) is 8.99. The summed E-state index contributed by atoms with van der Waals surface area (Å²) in [5.74, 6) is -1.66. The Morgan fingerprint density at radius 2 is 1.72 bits per heavy atom. The molecule has 1 aromatic carbocycles. The number of benzene rings is 1. The second-order valence-electron chi connectivity index (χ2n) is 17.2. The van der Waals surface area contributed by atoms with Crippen molar-refractivity contribution in [2.75, 3.05) is 27.7 Å². The number of rotatable bonds is 12. The number of esters is 1. The van der Waals surface area contributed by atoms with Crippen molar-refractivity contribution in [3.63, 3.8) is 0 Å². The fraction of sp³-hybridized carbons (Fsp3) is 0.682. The molecule has 5 rings (SSSR count). The lowest BCUT2D eigenvalue weighted by Gasteiger charge is -2.50. The second-order valence-corrected chi connectivity index (χ2v) is 18.0. The lowest BCUT2D eigenvalue weighted by Crippen LogP contribution is -2.65. The summed E-state index contributed by atoms with van der Waals surface area (Å²) in [7, 11) is 5.00. The number of carbonyl (C=O) groups excluding carboxylic acids is 2. The predicted molar refractivity (Wildman–Crippen MR) is 227 cm³/mol. The van der Waals surface area contributed by atoms with Crippen molar-refractivity contribution in [3.8, 4) is 10.4 Å². The fourth-order valence-electron chi connectivity index (χ4n) is 8.47. The molecule has 2 aromatic rings. The number of aromatic nitrogens is 2. The minimum absolute atomic E-state index is 0.0113. The van der Waals surface area contributed by atoms with Crippen LogP contribution in [0.15, 0.2) is 54.8 Å². The number of allylic oxidation sites excluding steroid dienone is 3. The number of carbonyl (C=O) groups is 2. The Bertz CT molecular complexity index is 1730. The molecule has 0 aliphatic carbocycles. The van der Waals surface area contributed by atoms with Gasteiger partial charge in [0, 0.05) is 32.4 Å². The number of likely N-dealkylation sites (N-methyl/N-ethyl adjacent to an activating group) is 1. The van der Waals surface area contributed by atoms with Crippen LogP contribution in [0.25, 0.3) is 10.4 Å². The quantitative estimate of drug-likeness (QED) is 0.153. The van der Waals surface area contributed by atoms with Crippen molar-refractivity contribution in [1.82, 2.24) is 19.8 Å². The molecule has 5 N–H and O–H groups in total. The van der Waals surface area contributed by atoms with Gasteiger partial charge in [0.15, 0.2) is 18.4 Å². The summed E-state index contributed by atoms with van der Waals surface area (Å²) >= 11 is 1.33. The number of cyclic esters (lactones) is 1. The Morgan fingerprint density at radius 3 is 2.38 bits per heavy atom. The zero-order valence-corrected chi connectivity index (χ0v) is 37.4. The van der Waals surface area contributed by atoms with Crippen LogP contribution >= 0.6 is 11.5 Å². The number of ether oxygens (including phenoxy) is 6. The maximum Gasteiger partial charge on any atom is 0.308 e. The summed E-state index contributed by atoms with van der Waals surface area (Å²) in [5.41, 5.74) is 0.610.